The molecule has 20 heavy (non-hydrogen) atoms. The molecule has 0 radical (unpaired) electrons. The second-order valence-corrected chi connectivity index (χ2v) is 4.52. The molecule has 0 aliphatic rings. The summed E-state index contributed by atoms with van der Waals surface area (Å²) in [6, 6.07) is 9.13. The minimum atomic E-state index is -0.565. The molecule has 0 fully saturated rings. The van der Waals surface area contributed by atoms with Crippen LogP contribution >= 0.6 is 0 Å². The summed E-state index contributed by atoms with van der Waals surface area (Å²) in [5.74, 6) is -1.34. The molecule has 1 amide bonds. The van der Waals surface area contributed by atoms with E-state index in [-0.39, 0.29) is 23.1 Å². The fourth-order valence-electron chi connectivity index (χ4n) is 1.86. The van der Waals surface area contributed by atoms with Crippen molar-refractivity contribution >= 4 is 11.6 Å². The largest absolute Gasteiger partial charge is 0.399 e. The zero-order valence-electron chi connectivity index (χ0n) is 10.9. The summed E-state index contributed by atoms with van der Waals surface area (Å²) in [6.45, 7) is 1.76. The van der Waals surface area contributed by atoms with E-state index in [1.165, 1.54) is 18.2 Å². The Kier molecular flexibility index (Phi) is 3.98. The van der Waals surface area contributed by atoms with Crippen LogP contribution in [0.3, 0.4) is 0 Å². The van der Waals surface area contributed by atoms with Gasteiger partial charge in [0.25, 0.3) is 5.91 Å². The quantitative estimate of drug-likeness (QED) is 0.847. The summed E-state index contributed by atoms with van der Waals surface area (Å²) in [6.07, 6.45) is 0. The third-order valence-electron chi connectivity index (χ3n) is 2.90. The molecule has 5 heteroatoms. The summed E-state index contributed by atoms with van der Waals surface area (Å²) in [4.78, 5) is 12.0. The molecule has 0 heterocycles. The molecule has 2 aromatic carbocycles. The van der Waals surface area contributed by atoms with E-state index < -0.39 is 11.7 Å². The van der Waals surface area contributed by atoms with Gasteiger partial charge < -0.3 is 11.1 Å². The summed E-state index contributed by atoms with van der Waals surface area (Å²) in [5, 5.41) is 2.70. The van der Waals surface area contributed by atoms with E-state index in [1.54, 1.807) is 19.1 Å². The van der Waals surface area contributed by atoms with Gasteiger partial charge in [0.15, 0.2) is 0 Å². The van der Waals surface area contributed by atoms with Crippen molar-refractivity contribution in [3.8, 4) is 0 Å². The number of rotatable bonds is 3. The van der Waals surface area contributed by atoms with Crippen LogP contribution in [0.1, 0.15) is 28.9 Å². The Morgan fingerprint density at radius 2 is 1.75 bits per heavy atom. The molecule has 104 valence electrons. The molecule has 0 saturated heterocycles. The number of halogens is 2. The van der Waals surface area contributed by atoms with Crippen molar-refractivity contribution in [2.24, 2.45) is 0 Å². The van der Waals surface area contributed by atoms with Crippen molar-refractivity contribution < 1.29 is 13.6 Å². The first-order valence-electron chi connectivity index (χ1n) is 6.08. The molecule has 0 bridgehead atoms. The zero-order chi connectivity index (χ0) is 14.7. The van der Waals surface area contributed by atoms with Gasteiger partial charge in [-0.15, -0.1) is 0 Å². The van der Waals surface area contributed by atoms with E-state index in [2.05, 4.69) is 5.32 Å². The number of hydrogen-bond acceptors (Lipinski definition) is 2. The Balaban J connectivity index is 2.12. The van der Waals surface area contributed by atoms with Crippen LogP contribution in [0.4, 0.5) is 14.5 Å². The van der Waals surface area contributed by atoms with Crippen molar-refractivity contribution in [3.05, 3.63) is 65.2 Å². The number of anilines is 1. The molecule has 1 atom stereocenters. The van der Waals surface area contributed by atoms with Crippen LogP contribution in [0.2, 0.25) is 0 Å². The third-order valence-corrected chi connectivity index (χ3v) is 2.90. The molecule has 0 aliphatic carbocycles. The highest BCUT2D eigenvalue weighted by molar-refractivity contribution is 5.95. The molecule has 0 saturated carbocycles. The molecular weight excluding hydrogens is 262 g/mol. The first-order chi connectivity index (χ1) is 9.45. The van der Waals surface area contributed by atoms with Gasteiger partial charge in [-0.25, -0.2) is 8.78 Å². The Bertz CT molecular complexity index is 606. The van der Waals surface area contributed by atoms with Crippen LogP contribution in [0.15, 0.2) is 42.5 Å². The number of amides is 1. The highest BCUT2D eigenvalue weighted by atomic mass is 19.1. The van der Waals surface area contributed by atoms with Crippen LogP contribution in [-0.2, 0) is 0 Å². The first-order valence-corrected chi connectivity index (χ1v) is 6.08. The van der Waals surface area contributed by atoms with E-state index in [0.717, 1.165) is 17.7 Å². The summed E-state index contributed by atoms with van der Waals surface area (Å²) in [7, 11) is 0. The van der Waals surface area contributed by atoms with Crippen LogP contribution in [0.5, 0.6) is 0 Å². The standard InChI is InChI=1S/C15H14F2N2O/c1-9(10-2-4-12(16)5-3-10)19-15(20)11-6-13(17)8-14(18)7-11/h2-9H,18H2,1H3,(H,19,20). The average Bonchev–Trinajstić information content (AvgIpc) is 2.38. The molecule has 2 rings (SSSR count). The number of carbonyl (C=O) groups is 1. The van der Waals surface area contributed by atoms with Gasteiger partial charge in [-0.1, -0.05) is 12.1 Å². The highest BCUT2D eigenvalue weighted by Gasteiger charge is 2.12. The summed E-state index contributed by atoms with van der Waals surface area (Å²) < 4.78 is 26.0. The highest BCUT2D eigenvalue weighted by Crippen LogP contribution is 2.15. The van der Waals surface area contributed by atoms with Gasteiger partial charge in [0.2, 0.25) is 0 Å². The molecule has 0 aromatic heterocycles. The fourth-order valence-corrected chi connectivity index (χ4v) is 1.86. The van der Waals surface area contributed by atoms with E-state index in [1.807, 2.05) is 0 Å². The number of benzene rings is 2. The second-order valence-electron chi connectivity index (χ2n) is 4.52. The number of nitrogen functional groups attached to an aromatic ring is 1. The predicted octanol–water partition coefficient (Wildman–Crippen LogP) is 3.04. The van der Waals surface area contributed by atoms with Crippen molar-refractivity contribution in [1.82, 2.24) is 5.32 Å². The molecule has 0 aliphatic heterocycles. The van der Waals surface area contributed by atoms with E-state index in [0.29, 0.717) is 0 Å². The minimum absolute atomic E-state index is 0.150. The monoisotopic (exact) mass is 276 g/mol. The third kappa shape index (κ3) is 3.32. The molecule has 3 N–H and O–H groups in total. The maximum absolute atomic E-state index is 13.2. The Hall–Kier alpha value is -2.43. The normalized spacial score (nSPS) is 11.9. The second kappa shape index (κ2) is 5.69. The number of nitrogens with one attached hydrogen (secondary N) is 1. The first kappa shape index (κ1) is 14.0. The van der Waals surface area contributed by atoms with Crippen molar-refractivity contribution in [3.63, 3.8) is 0 Å². The topological polar surface area (TPSA) is 55.1 Å². The van der Waals surface area contributed by atoms with Gasteiger partial charge in [0.1, 0.15) is 11.6 Å². The van der Waals surface area contributed by atoms with E-state index >= 15 is 0 Å². The lowest BCUT2D eigenvalue weighted by molar-refractivity contribution is 0.0939. The summed E-state index contributed by atoms with van der Waals surface area (Å²) >= 11 is 0. The van der Waals surface area contributed by atoms with Crippen molar-refractivity contribution in [2.45, 2.75) is 13.0 Å². The zero-order valence-corrected chi connectivity index (χ0v) is 10.9. The maximum Gasteiger partial charge on any atom is 0.251 e. The molecule has 3 nitrogen and oxygen atoms in total. The van der Waals surface area contributed by atoms with Gasteiger partial charge in [-0.2, -0.15) is 0 Å². The Labute approximate surface area is 115 Å². The van der Waals surface area contributed by atoms with Crippen molar-refractivity contribution in [1.29, 1.82) is 0 Å². The Morgan fingerprint density at radius 1 is 1.10 bits per heavy atom. The lowest BCUT2D eigenvalue weighted by atomic mass is 10.1. The molecular formula is C15H14F2N2O. The van der Waals surface area contributed by atoms with Crippen LogP contribution in [-0.4, -0.2) is 5.91 Å². The van der Waals surface area contributed by atoms with Gasteiger partial charge in [0, 0.05) is 11.3 Å². The van der Waals surface area contributed by atoms with Crippen LogP contribution < -0.4 is 11.1 Å². The van der Waals surface area contributed by atoms with E-state index in [4.69, 9.17) is 5.73 Å². The van der Waals surface area contributed by atoms with Gasteiger partial charge >= 0.3 is 0 Å². The van der Waals surface area contributed by atoms with Crippen LogP contribution in [0, 0.1) is 11.6 Å². The van der Waals surface area contributed by atoms with Crippen molar-refractivity contribution in [2.75, 3.05) is 5.73 Å². The van der Waals surface area contributed by atoms with Gasteiger partial charge in [0.05, 0.1) is 6.04 Å². The predicted molar refractivity (Wildman–Crippen MR) is 73.1 cm³/mol. The Morgan fingerprint density at radius 3 is 2.35 bits per heavy atom. The average molecular weight is 276 g/mol. The van der Waals surface area contributed by atoms with Crippen LogP contribution in [0.25, 0.3) is 0 Å². The molecule has 0 spiro atoms. The van der Waals surface area contributed by atoms with Gasteiger partial charge in [-0.05, 0) is 42.8 Å². The number of nitrogens with two attached hydrogens (primary N) is 1. The van der Waals surface area contributed by atoms with E-state index in [9.17, 15) is 13.6 Å². The maximum atomic E-state index is 13.2. The summed E-state index contributed by atoms with van der Waals surface area (Å²) in [5.41, 5.74) is 6.58. The lowest BCUT2D eigenvalue weighted by Crippen LogP contribution is -2.26. The lowest BCUT2D eigenvalue weighted by Gasteiger charge is -2.14. The molecule has 1 unspecified atom stereocenters. The SMILES string of the molecule is CC(NC(=O)c1cc(N)cc(F)c1)c1ccc(F)cc1. The molecule has 2 aromatic rings. The number of carbonyl (C=O) groups excluding carboxylic acids is 1. The number of hydrogen-bond donors (Lipinski definition) is 2. The smallest absolute Gasteiger partial charge is 0.251 e. The fraction of sp³-hybridized carbons (Fsp3) is 0.133. The minimum Gasteiger partial charge on any atom is -0.399 e. The van der Waals surface area contributed by atoms with Gasteiger partial charge in [-0.3, -0.25) is 4.79 Å².